The summed E-state index contributed by atoms with van der Waals surface area (Å²) in [4.78, 5) is 1.16. The molecule has 0 spiro atoms. The van der Waals surface area contributed by atoms with Gasteiger partial charge in [-0.3, -0.25) is 0 Å². The van der Waals surface area contributed by atoms with Gasteiger partial charge in [-0.1, -0.05) is 42.5 Å². The monoisotopic (exact) mass is 216 g/mol. The number of benzene rings is 1. The third-order valence-electron chi connectivity index (χ3n) is 1.33. The molecule has 0 bridgehead atoms. The third-order valence-corrected chi connectivity index (χ3v) is 3.15. The minimum Gasteiger partial charge on any atom is -0.0843 e. The second-order valence-electron chi connectivity index (χ2n) is 2.28. The molecule has 12 heavy (non-hydrogen) atoms. The minimum absolute atomic E-state index is 0.766. The van der Waals surface area contributed by atoms with Gasteiger partial charge in [-0.05, 0) is 30.7 Å². The Kier molecular flexibility index (Phi) is 4.06. The first-order valence-corrected chi connectivity index (χ1v) is 5.29. The number of thiocarbonyl (C=S) groups is 1. The molecule has 3 heteroatoms. The van der Waals surface area contributed by atoms with Gasteiger partial charge in [-0.25, -0.2) is 0 Å². The molecule has 0 heterocycles. The number of thioether (sulfide) groups is 1. The van der Waals surface area contributed by atoms with Crippen LogP contribution >= 0.6 is 35.6 Å². The van der Waals surface area contributed by atoms with Crippen LogP contribution in [0.1, 0.15) is 13.3 Å². The van der Waals surface area contributed by atoms with Crippen molar-refractivity contribution in [2.24, 2.45) is 0 Å². The first-order chi connectivity index (χ1) is 5.72. The maximum atomic E-state index is 5.74. The van der Waals surface area contributed by atoms with Gasteiger partial charge in [0, 0.05) is 9.92 Å². The summed E-state index contributed by atoms with van der Waals surface area (Å²) in [7, 11) is 0. The van der Waals surface area contributed by atoms with Gasteiger partial charge in [0.1, 0.15) is 0 Å². The number of rotatable bonds is 2. The van der Waals surface area contributed by atoms with E-state index in [0.717, 1.165) is 20.5 Å². The van der Waals surface area contributed by atoms with Crippen molar-refractivity contribution in [2.75, 3.05) is 0 Å². The van der Waals surface area contributed by atoms with E-state index in [9.17, 15) is 0 Å². The van der Waals surface area contributed by atoms with Crippen molar-refractivity contribution >= 4 is 39.8 Å². The van der Waals surface area contributed by atoms with Crippen molar-refractivity contribution in [1.82, 2.24) is 0 Å². The van der Waals surface area contributed by atoms with Crippen molar-refractivity contribution in [3.63, 3.8) is 0 Å². The van der Waals surface area contributed by atoms with Crippen LogP contribution in [0.2, 0.25) is 5.02 Å². The molecule has 0 N–H and O–H groups in total. The summed E-state index contributed by atoms with van der Waals surface area (Å²) in [6, 6.07) is 7.72. The normalized spacial score (nSPS) is 9.83. The highest BCUT2D eigenvalue weighted by Gasteiger charge is 1.96. The largest absolute Gasteiger partial charge is 0.0843 e. The second kappa shape index (κ2) is 4.85. The standard InChI is InChI=1S/C9H9ClS2/c1-2-9(11)12-8-5-3-7(10)4-6-8/h3-6H,2H2,1H3. The van der Waals surface area contributed by atoms with Crippen molar-refractivity contribution in [2.45, 2.75) is 18.2 Å². The molecule has 1 rings (SSSR count). The predicted molar refractivity (Wildman–Crippen MR) is 60.2 cm³/mol. The lowest BCUT2D eigenvalue weighted by atomic mass is 10.4. The lowest BCUT2D eigenvalue weighted by molar-refractivity contribution is 1.34. The van der Waals surface area contributed by atoms with Crippen molar-refractivity contribution in [3.8, 4) is 0 Å². The van der Waals surface area contributed by atoms with Crippen molar-refractivity contribution < 1.29 is 0 Å². The summed E-state index contributed by atoms with van der Waals surface area (Å²) in [5.74, 6) is 0. The molecule has 0 aromatic heterocycles. The lowest BCUT2D eigenvalue weighted by Crippen LogP contribution is -1.82. The van der Waals surface area contributed by atoms with E-state index in [1.54, 1.807) is 11.8 Å². The molecule has 0 nitrogen and oxygen atoms in total. The molecule has 0 fully saturated rings. The summed E-state index contributed by atoms with van der Waals surface area (Å²) in [5, 5.41) is 0.766. The number of halogens is 1. The Morgan fingerprint density at radius 3 is 2.50 bits per heavy atom. The minimum atomic E-state index is 0.766. The van der Waals surface area contributed by atoms with Crippen LogP contribution in [-0.4, -0.2) is 4.20 Å². The van der Waals surface area contributed by atoms with Crippen LogP contribution in [0.15, 0.2) is 29.2 Å². The van der Waals surface area contributed by atoms with Crippen molar-refractivity contribution in [3.05, 3.63) is 29.3 Å². The van der Waals surface area contributed by atoms with Gasteiger partial charge < -0.3 is 0 Å². The molecule has 0 saturated heterocycles. The summed E-state index contributed by atoms with van der Waals surface area (Å²) in [5.41, 5.74) is 0. The lowest BCUT2D eigenvalue weighted by Gasteiger charge is -1.99. The summed E-state index contributed by atoms with van der Waals surface area (Å²) in [6.07, 6.45) is 0.933. The Labute approximate surface area is 87.3 Å². The summed E-state index contributed by atoms with van der Waals surface area (Å²) >= 11 is 12.5. The zero-order chi connectivity index (χ0) is 8.97. The molecular formula is C9H9ClS2. The molecule has 0 aliphatic carbocycles. The van der Waals surface area contributed by atoms with E-state index in [4.69, 9.17) is 23.8 Å². The Balaban J connectivity index is 2.64. The highest BCUT2D eigenvalue weighted by Crippen LogP contribution is 2.22. The van der Waals surface area contributed by atoms with Crippen LogP contribution in [0.5, 0.6) is 0 Å². The quantitative estimate of drug-likeness (QED) is 0.538. The van der Waals surface area contributed by atoms with E-state index in [-0.39, 0.29) is 0 Å². The number of hydrogen-bond acceptors (Lipinski definition) is 2. The van der Waals surface area contributed by atoms with Crippen LogP contribution in [0.4, 0.5) is 0 Å². The molecule has 1 aromatic carbocycles. The highest BCUT2D eigenvalue weighted by atomic mass is 35.5. The molecule has 0 aliphatic rings. The fourth-order valence-electron chi connectivity index (χ4n) is 0.706. The first kappa shape index (κ1) is 10.0. The maximum absolute atomic E-state index is 5.74. The predicted octanol–water partition coefficient (Wildman–Crippen LogP) is 4.17. The van der Waals surface area contributed by atoms with E-state index < -0.39 is 0 Å². The van der Waals surface area contributed by atoms with Crippen molar-refractivity contribution in [1.29, 1.82) is 0 Å². The smallest absolute Gasteiger partial charge is 0.0524 e. The molecule has 0 unspecified atom stereocenters. The second-order valence-corrected chi connectivity index (χ2v) is 4.64. The van der Waals surface area contributed by atoms with E-state index in [1.165, 1.54) is 0 Å². The van der Waals surface area contributed by atoms with Crippen LogP contribution in [0.3, 0.4) is 0 Å². The van der Waals surface area contributed by atoms with Gasteiger partial charge in [0.05, 0.1) is 4.20 Å². The highest BCUT2D eigenvalue weighted by molar-refractivity contribution is 8.23. The Morgan fingerprint density at radius 2 is 2.00 bits per heavy atom. The SMILES string of the molecule is CCC(=S)Sc1ccc(Cl)cc1. The molecule has 0 aliphatic heterocycles. The van der Waals surface area contributed by atoms with Gasteiger partial charge in [-0.2, -0.15) is 0 Å². The first-order valence-electron chi connectivity index (χ1n) is 3.68. The molecule has 0 amide bonds. The topological polar surface area (TPSA) is 0 Å². The molecule has 64 valence electrons. The zero-order valence-corrected chi connectivity index (χ0v) is 9.10. The van der Waals surface area contributed by atoms with E-state index in [1.807, 2.05) is 24.3 Å². The third kappa shape index (κ3) is 3.13. The molecule has 0 radical (unpaired) electrons. The van der Waals surface area contributed by atoms with Crippen LogP contribution in [0.25, 0.3) is 0 Å². The molecular weight excluding hydrogens is 208 g/mol. The van der Waals surface area contributed by atoms with E-state index >= 15 is 0 Å². The van der Waals surface area contributed by atoms with Gasteiger partial charge in [-0.15, -0.1) is 0 Å². The molecule has 1 aromatic rings. The average Bonchev–Trinajstić information content (AvgIpc) is 2.09. The summed E-state index contributed by atoms with van der Waals surface area (Å²) < 4.78 is 1.01. The van der Waals surface area contributed by atoms with Crippen LogP contribution < -0.4 is 0 Å². The average molecular weight is 217 g/mol. The van der Waals surface area contributed by atoms with Gasteiger partial charge in [0.15, 0.2) is 0 Å². The van der Waals surface area contributed by atoms with Gasteiger partial charge in [0.25, 0.3) is 0 Å². The Bertz CT molecular complexity index is 266. The van der Waals surface area contributed by atoms with E-state index in [2.05, 4.69) is 6.92 Å². The molecule has 0 saturated carbocycles. The Morgan fingerprint density at radius 1 is 1.42 bits per heavy atom. The maximum Gasteiger partial charge on any atom is 0.0524 e. The fourth-order valence-corrected chi connectivity index (χ4v) is 1.80. The van der Waals surface area contributed by atoms with Gasteiger partial charge in [0.2, 0.25) is 0 Å². The van der Waals surface area contributed by atoms with Crippen LogP contribution in [-0.2, 0) is 0 Å². The zero-order valence-electron chi connectivity index (χ0n) is 6.71. The Hall–Kier alpha value is -0.0500. The summed E-state index contributed by atoms with van der Waals surface area (Å²) in [6.45, 7) is 2.06. The molecule has 0 atom stereocenters. The fraction of sp³-hybridized carbons (Fsp3) is 0.222. The van der Waals surface area contributed by atoms with Crippen LogP contribution in [0, 0.1) is 0 Å². The number of hydrogen-bond donors (Lipinski definition) is 0. The van der Waals surface area contributed by atoms with Gasteiger partial charge >= 0.3 is 0 Å². The van der Waals surface area contributed by atoms with E-state index in [0.29, 0.717) is 0 Å².